The summed E-state index contributed by atoms with van der Waals surface area (Å²) in [6.45, 7) is 8.79. The van der Waals surface area contributed by atoms with Crippen molar-refractivity contribution >= 4 is 46.8 Å². The average Bonchev–Trinajstić information content (AvgIpc) is 3.28. The Morgan fingerprint density at radius 2 is 1.23 bits per heavy atom. The van der Waals surface area contributed by atoms with Crippen LogP contribution in [0, 0.1) is 11.3 Å². The smallest absolute Gasteiger partial charge is 0.259 e. The van der Waals surface area contributed by atoms with Crippen LogP contribution in [0.5, 0.6) is 11.5 Å². The predicted octanol–water partition coefficient (Wildman–Crippen LogP) is 10.9. The van der Waals surface area contributed by atoms with Crippen LogP contribution in [-0.2, 0) is 30.6 Å². The van der Waals surface area contributed by atoms with Crippen molar-refractivity contribution in [2.75, 3.05) is 34.0 Å². The van der Waals surface area contributed by atoms with Gasteiger partial charge in [-0.3, -0.25) is 4.79 Å². The van der Waals surface area contributed by atoms with Crippen molar-refractivity contribution in [2.45, 2.75) is 64.3 Å². The van der Waals surface area contributed by atoms with Crippen LogP contribution in [-0.4, -0.2) is 62.7 Å². The van der Waals surface area contributed by atoms with E-state index >= 15 is 0 Å². The molecule has 10 heteroatoms. The lowest BCUT2D eigenvalue weighted by atomic mass is 9.80. The van der Waals surface area contributed by atoms with Crippen LogP contribution in [0.2, 0.25) is 0 Å². The Hall–Kier alpha value is -5.59. The van der Waals surface area contributed by atoms with Gasteiger partial charge in [0.2, 0.25) is 5.91 Å². The third kappa shape index (κ3) is 9.50. The van der Waals surface area contributed by atoms with E-state index in [2.05, 4.69) is 110 Å². The fraction of sp³-hybridized carbons (Fsp3) is 0.294. The van der Waals surface area contributed by atoms with E-state index in [-0.39, 0.29) is 50.7 Å². The second-order valence-electron chi connectivity index (χ2n) is 15.7. The topological polar surface area (TPSA) is 102 Å². The summed E-state index contributed by atoms with van der Waals surface area (Å²) in [5.41, 5.74) is 2.46. The first-order valence-corrected chi connectivity index (χ1v) is 21.9. The molecular weight excluding hydrogens is 782 g/mol. The third-order valence-electron chi connectivity index (χ3n) is 11.1. The van der Waals surface area contributed by atoms with Gasteiger partial charge >= 0.3 is 0 Å². The lowest BCUT2D eigenvalue weighted by Gasteiger charge is -2.38. The van der Waals surface area contributed by atoms with Gasteiger partial charge in [-0.1, -0.05) is 109 Å². The van der Waals surface area contributed by atoms with E-state index < -0.39 is 20.2 Å². The number of nitriles is 1. The summed E-state index contributed by atoms with van der Waals surface area (Å²) in [5, 5.41) is 19.6. The minimum absolute atomic E-state index is 0.0713. The number of amides is 1. The molecule has 2 unspecified atom stereocenters. The quantitative estimate of drug-likeness (QED) is 0.0351. The van der Waals surface area contributed by atoms with Gasteiger partial charge in [-0.2, -0.15) is 5.26 Å². The number of carbonyl (C=O) groups is 1. The van der Waals surface area contributed by atoms with Crippen LogP contribution in [0.25, 0.3) is 32.3 Å². The molecule has 7 aromatic carbocycles. The number of benzene rings is 7. The Labute approximate surface area is 360 Å². The summed E-state index contributed by atoms with van der Waals surface area (Å²) in [7, 11) is 1.69. The van der Waals surface area contributed by atoms with Gasteiger partial charge in [-0.05, 0) is 107 Å². The van der Waals surface area contributed by atoms with Crippen LogP contribution in [0.1, 0.15) is 56.4 Å². The molecule has 7 rings (SSSR count). The molecular formula is C51H54N3O6P. The number of methoxy groups -OCH3 is 2. The van der Waals surface area contributed by atoms with Crippen LogP contribution in [0.3, 0.4) is 0 Å². The molecule has 2 atom stereocenters. The molecule has 0 saturated carbocycles. The van der Waals surface area contributed by atoms with E-state index in [4.69, 9.17) is 23.3 Å². The Bertz CT molecular complexity index is 2490. The second-order valence-corrected chi connectivity index (χ2v) is 17.1. The highest BCUT2D eigenvalue weighted by atomic mass is 31.2. The molecule has 0 radical (unpaired) electrons. The maximum atomic E-state index is 14.4. The zero-order valence-electron chi connectivity index (χ0n) is 35.8. The Balaban J connectivity index is 1.26. The lowest BCUT2D eigenvalue weighted by Crippen LogP contribution is -2.45. The van der Waals surface area contributed by atoms with E-state index in [1.807, 2.05) is 66.7 Å². The largest absolute Gasteiger partial charge is 0.497 e. The molecule has 0 spiro atoms. The van der Waals surface area contributed by atoms with Crippen molar-refractivity contribution in [2.24, 2.45) is 0 Å². The first-order chi connectivity index (χ1) is 29.7. The van der Waals surface area contributed by atoms with Crippen molar-refractivity contribution in [3.63, 3.8) is 0 Å². The molecule has 0 aromatic heterocycles. The van der Waals surface area contributed by atoms with E-state index in [1.54, 1.807) is 14.2 Å². The molecule has 0 fully saturated rings. The highest BCUT2D eigenvalue weighted by molar-refractivity contribution is 7.44. The fourth-order valence-corrected chi connectivity index (χ4v) is 9.95. The predicted molar refractivity (Wildman–Crippen MR) is 245 cm³/mol. The van der Waals surface area contributed by atoms with Crippen LogP contribution < -0.4 is 14.8 Å². The normalized spacial score (nSPS) is 13.0. The van der Waals surface area contributed by atoms with E-state index in [9.17, 15) is 10.1 Å². The summed E-state index contributed by atoms with van der Waals surface area (Å²) in [4.78, 5) is 14.4. The SMILES string of the molecule is COc1ccc(C(OCC(COP(OCCC#N)N(C(C)C)C(C)C)NC(=O)Cc2ccc3ccc4cccc5ccc2c3c45)(c2ccccc2)c2ccc(OC)cc2)cc1. The number of rotatable bonds is 20. The van der Waals surface area contributed by atoms with Crippen molar-refractivity contribution in [3.05, 3.63) is 156 Å². The van der Waals surface area contributed by atoms with Gasteiger partial charge in [-0.25, -0.2) is 4.67 Å². The number of ether oxygens (including phenoxy) is 3. The van der Waals surface area contributed by atoms with Gasteiger partial charge in [0.15, 0.2) is 0 Å². The van der Waals surface area contributed by atoms with Crippen LogP contribution >= 0.6 is 8.53 Å². The maximum Gasteiger partial charge on any atom is 0.259 e. The Morgan fingerprint density at radius 3 is 1.80 bits per heavy atom. The first-order valence-electron chi connectivity index (χ1n) is 20.8. The average molecular weight is 836 g/mol. The van der Waals surface area contributed by atoms with Gasteiger partial charge in [-0.15, -0.1) is 0 Å². The van der Waals surface area contributed by atoms with Crippen molar-refractivity contribution in [3.8, 4) is 17.6 Å². The zero-order chi connectivity index (χ0) is 42.9. The summed E-state index contributed by atoms with van der Waals surface area (Å²) in [6.07, 6.45) is 0.390. The molecule has 7 aromatic rings. The first kappa shape index (κ1) is 43.5. The number of hydrogen-bond donors (Lipinski definition) is 1. The maximum absolute atomic E-state index is 14.4. The molecule has 1 amide bonds. The Kier molecular flexibility index (Phi) is 14.2. The summed E-state index contributed by atoms with van der Waals surface area (Å²) in [5.74, 6) is 1.27. The van der Waals surface area contributed by atoms with Gasteiger partial charge in [0.1, 0.15) is 17.1 Å². The van der Waals surface area contributed by atoms with E-state index in [0.717, 1.165) is 44.5 Å². The van der Waals surface area contributed by atoms with Gasteiger partial charge in [0.05, 0.1) is 59.0 Å². The second kappa shape index (κ2) is 19.9. The zero-order valence-corrected chi connectivity index (χ0v) is 36.7. The van der Waals surface area contributed by atoms with Gasteiger partial charge in [0.25, 0.3) is 8.53 Å². The lowest BCUT2D eigenvalue weighted by molar-refractivity contribution is -0.122. The molecule has 0 heterocycles. The Morgan fingerprint density at radius 1 is 0.672 bits per heavy atom. The number of carbonyl (C=O) groups excluding carboxylic acids is 1. The summed E-state index contributed by atoms with van der Waals surface area (Å²) >= 11 is 0. The van der Waals surface area contributed by atoms with Crippen molar-refractivity contribution in [1.82, 2.24) is 9.99 Å². The molecule has 0 aliphatic rings. The molecule has 0 aliphatic carbocycles. The number of hydrogen-bond acceptors (Lipinski definition) is 8. The minimum atomic E-state index is -1.60. The van der Waals surface area contributed by atoms with E-state index in [1.165, 1.54) is 21.5 Å². The van der Waals surface area contributed by atoms with Crippen LogP contribution in [0.15, 0.2) is 133 Å². The van der Waals surface area contributed by atoms with Gasteiger partial charge in [0, 0.05) is 12.1 Å². The molecule has 61 heavy (non-hydrogen) atoms. The van der Waals surface area contributed by atoms with Gasteiger partial charge < -0.3 is 28.6 Å². The monoisotopic (exact) mass is 835 g/mol. The van der Waals surface area contributed by atoms with E-state index in [0.29, 0.717) is 0 Å². The van der Waals surface area contributed by atoms with Crippen molar-refractivity contribution in [1.29, 1.82) is 5.26 Å². The molecule has 0 bridgehead atoms. The standard InChI is InChI=1S/C51H54N3O6P/c1-35(2)54(36(3)4)61(59-31-11-30-52)60-34-44(53-48(55)32-40-19-18-39-17-16-37-12-10-13-38-20-29-47(40)50(39)49(37)38)33-58-51(41-14-8-7-9-15-41,42-21-25-45(56-5)26-22-42)43-23-27-46(57-6)28-24-43/h7-10,12-29,35-36,44H,11,31-34H2,1-6H3,(H,53,55). The summed E-state index contributed by atoms with van der Waals surface area (Å²) in [6, 6.07) is 46.7. The molecule has 314 valence electrons. The number of nitrogens with zero attached hydrogens (tertiary/aromatic N) is 2. The molecule has 0 aliphatic heterocycles. The third-order valence-corrected chi connectivity index (χ3v) is 13.1. The number of nitrogens with one attached hydrogen (secondary N) is 1. The molecule has 0 saturated heterocycles. The highest BCUT2D eigenvalue weighted by Crippen LogP contribution is 2.47. The fourth-order valence-electron chi connectivity index (χ4n) is 8.30. The van der Waals surface area contributed by atoms with Crippen molar-refractivity contribution < 1.29 is 28.1 Å². The molecule has 9 nitrogen and oxygen atoms in total. The molecule has 1 N–H and O–H groups in total. The van der Waals surface area contributed by atoms with Crippen LogP contribution in [0.4, 0.5) is 0 Å². The summed E-state index contributed by atoms with van der Waals surface area (Å²) < 4.78 is 33.6. The minimum Gasteiger partial charge on any atom is -0.497 e. The highest BCUT2D eigenvalue weighted by Gasteiger charge is 2.39.